The standard InChI is InChI=1S/C24H25N3O5/c28-16-20(15-18(24(30)27-31)14-19-6-4-5-13-25-19)26-23(29)17-9-11-22(12-10-17)32-21-7-2-1-3-8-21/h1-13,18,20,28,31H,14-16H2,(H,26,29)(H,27,30). The molecule has 0 saturated heterocycles. The highest BCUT2D eigenvalue weighted by atomic mass is 16.5. The van der Waals surface area contributed by atoms with Gasteiger partial charge >= 0.3 is 0 Å². The molecule has 0 aliphatic heterocycles. The van der Waals surface area contributed by atoms with Crippen molar-refractivity contribution in [2.24, 2.45) is 5.92 Å². The lowest BCUT2D eigenvalue weighted by molar-refractivity contribution is -0.133. The monoisotopic (exact) mass is 435 g/mol. The molecular formula is C24H25N3O5. The van der Waals surface area contributed by atoms with Crippen molar-refractivity contribution in [1.29, 1.82) is 0 Å². The Morgan fingerprint density at radius 2 is 1.62 bits per heavy atom. The summed E-state index contributed by atoms with van der Waals surface area (Å²) in [5.74, 6) is -0.413. The Hall–Kier alpha value is -3.75. The molecule has 2 aromatic carbocycles. The van der Waals surface area contributed by atoms with E-state index >= 15 is 0 Å². The lowest BCUT2D eigenvalue weighted by atomic mass is 9.94. The number of rotatable bonds is 10. The number of hydrogen-bond donors (Lipinski definition) is 4. The van der Waals surface area contributed by atoms with Crippen molar-refractivity contribution in [3.05, 3.63) is 90.3 Å². The molecule has 4 N–H and O–H groups in total. The van der Waals surface area contributed by atoms with E-state index in [4.69, 9.17) is 9.94 Å². The predicted octanol–water partition coefficient (Wildman–Crippen LogP) is 2.72. The van der Waals surface area contributed by atoms with Crippen LogP contribution in [0.2, 0.25) is 0 Å². The zero-order valence-corrected chi connectivity index (χ0v) is 17.3. The summed E-state index contributed by atoms with van der Waals surface area (Å²) in [6, 6.07) is 20.5. The minimum absolute atomic E-state index is 0.125. The fourth-order valence-electron chi connectivity index (χ4n) is 3.24. The minimum atomic E-state index is -0.686. The number of benzene rings is 2. The molecule has 1 heterocycles. The van der Waals surface area contributed by atoms with Crippen LogP contribution < -0.4 is 15.5 Å². The van der Waals surface area contributed by atoms with E-state index in [1.54, 1.807) is 54.1 Å². The maximum Gasteiger partial charge on any atom is 0.251 e. The van der Waals surface area contributed by atoms with Gasteiger partial charge in [0.15, 0.2) is 0 Å². The highest BCUT2D eigenvalue weighted by Gasteiger charge is 2.25. The second-order valence-corrected chi connectivity index (χ2v) is 7.23. The molecule has 2 amide bonds. The Morgan fingerprint density at radius 1 is 0.938 bits per heavy atom. The van der Waals surface area contributed by atoms with Crippen molar-refractivity contribution in [2.75, 3.05) is 6.61 Å². The molecule has 2 unspecified atom stereocenters. The summed E-state index contributed by atoms with van der Waals surface area (Å²) in [4.78, 5) is 28.9. The van der Waals surface area contributed by atoms with Crippen LogP contribution in [0.25, 0.3) is 0 Å². The number of hydrogen-bond acceptors (Lipinski definition) is 6. The van der Waals surface area contributed by atoms with Gasteiger partial charge in [-0.15, -0.1) is 0 Å². The molecule has 0 aliphatic rings. The fraction of sp³-hybridized carbons (Fsp3) is 0.208. The lowest BCUT2D eigenvalue weighted by Crippen LogP contribution is -2.42. The maximum absolute atomic E-state index is 12.6. The number of para-hydroxylation sites is 1. The molecule has 2 atom stereocenters. The molecule has 8 heteroatoms. The van der Waals surface area contributed by atoms with E-state index in [2.05, 4.69) is 10.3 Å². The minimum Gasteiger partial charge on any atom is -0.457 e. The molecule has 0 fully saturated rings. The highest BCUT2D eigenvalue weighted by molar-refractivity contribution is 5.94. The van der Waals surface area contributed by atoms with E-state index < -0.39 is 23.8 Å². The van der Waals surface area contributed by atoms with E-state index in [0.29, 0.717) is 22.8 Å². The molecule has 166 valence electrons. The molecule has 8 nitrogen and oxygen atoms in total. The van der Waals surface area contributed by atoms with E-state index in [1.165, 1.54) is 0 Å². The Balaban J connectivity index is 1.61. The topological polar surface area (TPSA) is 121 Å². The molecule has 0 spiro atoms. The van der Waals surface area contributed by atoms with Gasteiger partial charge in [0.05, 0.1) is 12.6 Å². The number of ether oxygens (including phenoxy) is 1. The predicted molar refractivity (Wildman–Crippen MR) is 117 cm³/mol. The first-order valence-corrected chi connectivity index (χ1v) is 10.2. The molecular weight excluding hydrogens is 410 g/mol. The second kappa shape index (κ2) is 11.6. The summed E-state index contributed by atoms with van der Waals surface area (Å²) in [6.45, 7) is -0.363. The third kappa shape index (κ3) is 6.63. The number of nitrogens with zero attached hydrogens (tertiary/aromatic N) is 1. The molecule has 3 aromatic rings. The van der Waals surface area contributed by atoms with Crippen LogP contribution in [0.4, 0.5) is 0 Å². The highest BCUT2D eigenvalue weighted by Crippen LogP contribution is 2.21. The van der Waals surface area contributed by atoms with Crippen molar-refractivity contribution in [3.8, 4) is 11.5 Å². The van der Waals surface area contributed by atoms with E-state index in [0.717, 1.165) is 0 Å². The summed E-state index contributed by atoms with van der Waals surface area (Å²) in [5.41, 5.74) is 2.70. The summed E-state index contributed by atoms with van der Waals surface area (Å²) in [6.07, 6.45) is 1.99. The number of pyridine rings is 1. The van der Waals surface area contributed by atoms with Gasteiger partial charge in [-0.25, -0.2) is 5.48 Å². The van der Waals surface area contributed by atoms with Crippen LogP contribution in [0.5, 0.6) is 11.5 Å². The van der Waals surface area contributed by atoms with Crippen LogP contribution >= 0.6 is 0 Å². The van der Waals surface area contributed by atoms with Crippen LogP contribution in [0.1, 0.15) is 22.5 Å². The van der Waals surface area contributed by atoms with Gasteiger partial charge in [-0.2, -0.15) is 0 Å². The van der Waals surface area contributed by atoms with Crippen molar-refractivity contribution in [3.63, 3.8) is 0 Å². The van der Waals surface area contributed by atoms with E-state index in [9.17, 15) is 14.7 Å². The smallest absolute Gasteiger partial charge is 0.251 e. The first kappa shape index (κ1) is 22.9. The van der Waals surface area contributed by atoms with Gasteiger partial charge in [0.1, 0.15) is 11.5 Å². The summed E-state index contributed by atoms with van der Waals surface area (Å²) < 4.78 is 5.72. The van der Waals surface area contributed by atoms with Crippen LogP contribution in [0, 0.1) is 5.92 Å². The van der Waals surface area contributed by atoms with Crippen molar-refractivity contribution < 1.29 is 24.6 Å². The van der Waals surface area contributed by atoms with E-state index in [-0.39, 0.29) is 19.4 Å². The van der Waals surface area contributed by atoms with Crippen molar-refractivity contribution in [2.45, 2.75) is 18.9 Å². The number of aliphatic hydroxyl groups is 1. The molecule has 0 saturated carbocycles. The van der Waals surface area contributed by atoms with Gasteiger partial charge in [-0.05, 0) is 55.0 Å². The molecule has 1 aromatic heterocycles. The van der Waals surface area contributed by atoms with Crippen molar-refractivity contribution >= 4 is 11.8 Å². The average Bonchev–Trinajstić information content (AvgIpc) is 2.84. The third-order valence-electron chi connectivity index (χ3n) is 4.88. The SMILES string of the molecule is O=C(NC(CO)CC(Cc1ccccn1)C(=O)NO)c1ccc(Oc2ccccc2)cc1. The summed E-state index contributed by atoms with van der Waals surface area (Å²) >= 11 is 0. The Kier molecular flexibility index (Phi) is 8.30. The van der Waals surface area contributed by atoms with Gasteiger partial charge in [-0.3, -0.25) is 19.8 Å². The number of hydroxylamine groups is 1. The Bertz CT molecular complexity index is 997. The van der Waals surface area contributed by atoms with Gasteiger partial charge < -0.3 is 15.2 Å². The Labute approximate surface area is 185 Å². The zero-order chi connectivity index (χ0) is 22.8. The molecule has 32 heavy (non-hydrogen) atoms. The normalized spacial score (nSPS) is 12.4. The molecule has 0 bridgehead atoms. The number of amides is 2. The summed E-state index contributed by atoms with van der Waals surface area (Å²) in [5, 5.41) is 21.6. The fourth-order valence-corrected chi connectivity index (χ4v) is 3.24. The molecule has 0 radical (unpaired) electrons. The number of carbonyl (C=O) groups is 2. The average molecular weight is 435 g/mol. The largest absolute Gasteiger partial charge is 0.457 e. The summed E-state index contributed by atoms with van der Waals surface area (Å²) in [7, 11) is 0. The number of aromatic nitrogens is 1. The number of carbonyl (C=O) groups excluding carboxylic acids is 2. The van der Waals surface area contributed by atoms with Gasteiger partial charge in [0, 0.05) is 29.8 Å². The number of nitrogens with one attached hydrogen (secondary N) is 2. The number of aliphatic hydroxyl groups excluding tert-OH is 1. The van der Waals surface area contributed by atoms with Crippen LogP contribution in [0.3, 0.4) is 0 Å². The quantitative estimate of drug-likeness (QED) is 0.287. The molecule has 3 rings (SSSR count). The van der Waals surface area contributed by atoms with Gasteiger partial charge in [0.2, 0.25) is 5.91 Å². The Morgan fingerprint density at radius 3 is 2.25 bits per heavy atom. The maximum atomic E-state index is 12.6. The first-order valence-electron chi connectivity index (χ1n) is 10.2. The second-order valence-electron chi connectivity index (χ2n) is 7.23. The van der Waals surface area contributed by atoms with Crippen LogP contribution in [-0.2, 0) is 11.2 Å². The first-order chi connectivity index (χ1) is 15.6. The van der Waals surface area contributed by atoms with Gasteiger partial charge in [0.25, 0.3) is 5.91 Å². The van der Waals surface area contributed by atoms with E-state index in [1.807, 2.05) is 30.3 Å². The van der Waals surface area contributed by atoms with Crippen LogP contribution in [0.15, 0.2) is 79.0 Å². The van der Waals surface area contributed by atoms with Crippen LogP contribution in [-0.4, -0.2) is 39.8 Å². The van der Waals surface area contributed by atoms with Gasteiger partial charge in [-0.1, -0.05) is 24.3 Å². The third-order valence-corrected chi connectivity index (χ3v) is 4.88. The zero-order valence-electron chi connectivity index (χ0n) is 17.3. The molecule has 0 aliphatic carbocycles. The lowest BCUT2D eigenvalue weighted by Gasteiger charge is -2.22. The van der Waals surface area contributed by atoms with Crippen molar-refractivity contribution in [1.82, 2.24) is 15.8 Å².